The van der Waals surface area contributed by atoms with E-state index >= 15 is 0 Å². The highest BCUT2D eigenvalue weighted by Gasteiger charge is 2.11. The molecule has 0 saturated heterocycles. The number of nitrogen functional groups attached to an aromatic ring is 1. The summed E-state index contributed by atoms with van der Waals surface area (Å²) in [6.45, 7) is 1.90. The number of furan rings is 1. The Bertz CT molecular complexity index is 486. The molecule has 0 saturated carbocycles. The maximum Gasteiger partial charge on any atom is 0.228 e. The van der Waals surface area contributed by atoms with E-state index in [2.05, 4.69) is 0 Å². The van der Waals surface area contributed by atoms with E-state index in [-0.39, 0.29) is 5.78 Å². The number of carbonyl (C=O) groups is 1. The number of anilines is 1. The fraction of sp³-hybridized carbons (Fsp3) is 0.0833. The van der Waals surface area contributed by atoms with Gasteiger partial charge in [0, 0.05) is 11.3 Å². The van der Waals surface area contributed by atoms with Gasteiger partial charge in [0.2, 0.25) is 5.78 Å². The molecule has 76 valence electrons. The first-order chi connectivity index (χ1) is 7.18. The number of carbonyl (C=O) groups excluding carboxylic acids is 1. The van der Waals surface area contributed by atoms with Crippen LogP contribution in [0.15, 0.2) is 41.0 Å². The third-order valence-corrected chi connectivity index (χ3v) is 2.29. The molecule has 1 aromatic carbocycles. The molecule has 2 rings (SSSR count). The Morgan fingerprint density at radius 1 is 1.33 bits per heavy atom. The molecular weight excluding hydrogens is 190 g/mol. The molecule has 3 heteroatoms. The fourth-order valence-corrected chi connectivity index (χ4v) is 1.33. The minimum Gasteiger partial charge on any atom is -0.461 e. The first-order valence-corrected chi connectivity index (χ1v) is 4.63. The van der Waals surface area contributed by atoms with Crippen molar-refractivity contribution in [3.63, 3.8) is 0 Å². The molecule has 0 radical (unpaired) electrons. The lowest BCUT2D eigenvalue weighted by molar-refractivity contribution is 0.101. The molecule has 15 heavy (non-hydrogen) atoms. The average Bonchev–Trinajstić information content (AvgIpc) is 2.74. The first kappa shape index (κ1) is 9.52. The van der Waals surface area contributed by atoms with Crippen LogP contribution in [0.25, 0.3) is 0 Å². The van der Waals surface area contributed by atoms with Gasteiger partial charge in [-0.15, -0.1) is 0 Å². The summed E-state index contributed by atoms with van der Waals surface area (Å²) in [4.78, 5) is 11.8. The molecule has 0 fully saturated rings. The summed E-state index contributed by atoms with van der Waals surface area (Å²) in [5.74, 6) is 0.185. The van der Waals surface area contributed by atoms with Crippen molar-refractivity contribution in [2.75, 3.05) is 5.73 Å². The van der Waals surface area contributed by atoms with Crippen molar-refractivity contribution in [3.8, 4) is 0 Å². The van der Waals surface area contributed by atoms with Crippen molar-refractivity contribution in [3.05, 3.63) is 53.5 Å². The molecule has 2 aromatic rings. The molecule has 1 heterocycles. The van der Waals surface area contributed by atoms with Crippen LogP contribution >= 0.6 is 0 Å². The second-order valence-electron chi connectivity index (χ2n) is 3.38. The second-order valence-corrected chi connectivity index (χ2v) is 3.38. The monoisotopic (exact) mass is 201 g/mol. The smallest absolute Gasteiger partial charge is 0.228 e. The summed E-state index contributed by atoms with van der Waals surface area (Å²) in [5, 5.41) is 0. The topological polar surface area (TPSA) is 56.2 Å². The number of hydrogen-bond donors (Lipinski definition) is 1. The molecular formula is C12H11NO2. The van der Waals surface area contributed by atoms with Crippen molar-refractivity contribution in [2.45, 2.75) is 6.92 Å². The molecule has 0 aliphatic heterocycles. The average molecular weight is 201 g/mol. The van der Waals surface area contributed by atoms with Gasteiger partial charge in [-0.3, -0.25) is 4.79 Å². The van der Waals surface area contributed by atoms with E-state index in [1.54, 1.807) is 24.3 Å². The maximum absolute atomic E-state index is 11.8. The number of benzene rings is 1. The standard InChI is InChI=1S/C12H11NO2/c1-8-4-5-9(7-10(8)13)12(14)11-3-2-6-15-11/h2-7H,13H2,1H3. The number of aryl methyl sites for hydroxylation is 1. The highest BCUT2D eigenvalue weighted by atomic mass is 16.3. The van der Waals surface area contributed by atoms with E-state index in [1.807, 2.05) is 13.0 Å². The van der Waals surface area contributed by atoms with Gasteiger partial charge in [0.05, 0.1) is 6.26 Å². The van der Waals surface area contributed by atoms with Gasteiger partial charge in [-0.25, -0.2) is 0 Å². The van der Waals surface area contributed by atoms with Crippen molar-refractivity contribution in [1.29, 1.82) is 0 Å². The highest BCUT2D eigenvalue weighted by molar-refractivity contribution is 6.07. The van der Waals surface area contributed by atoms with Gasteiger partial charge in [0.15, 0.2) is 5.76 Å². The Hall–Kier alpha value is -2.03. The minimum absolute atomic E-state index is 0.147. The number of nitrogens with two attached hydrogens (primary N) is 1. The van der Waals surface area contributed by atoms with Gasteiger partial charge in [-0.05, 0) is 30.7 Å². The third kappa shape index (κ3) is 1.76. The van der Waals surface area contributed by atoms with Crippen LogP contribution in [0, 0.1) is 6.92 Å². The van der Waals surface area contributed by atoms with Crippen LogP contribution in [0.3, 0.4) is 0 Å². The predicted octanol–water partition coefficient (Wildman–Crippen LogP) is 2.40. The Morgan fingerprint density at radius 3 is 2.73 bits per heavy atom. The predicted molar refractivity (Wildman–Crippen MR) is 57.7 cm³/mol. The van der Waals surface area contributed by atoms with E-state index in [0.717, 1.165) is 5.56 Å². The Kier molecular flexibility index (Phi) is 2.29. The van der Waals surface area contributed by atoms with Crippen LogP contribution in [0.2, 0.25) is 0 Å². The van der Waals surface area contributed by atoms with Crippen LogP contribution in [-0.2, 0) is 0 Å². The number of rotatable bonds is 2. The fourth-order valence-electron chi connectivity index (χ4n) is 1.33. The zero-order chi connectivity index (χ0) is 10.8. The molecule has 3 nitrogen and oxygen atoms in total. The summed E-state index contributed by atoms with van der Waals surface area (Å²) < 4.78 is 5.03. The lowest BCUT2D eigenvalue weighted by atomic mass is 10.1. The normalized spacial score (nSPS) is 10.2. The summed E-state index contributed by atoms with van der Waals surface area (Å²) >= 11 is 0. The summed E-state index contributed by atoms with van der Waals surface area (Å²) in [6, 6.07) is 8.56. The zero-order valence-electron chi connectivity index (χ0n) is 8.36. The molecule has 0 bridgehead atoms. The van der Waals surface area contributed by atoms with Gasteiger partial charge in [0.25, 0.3) is 0 Å². The molecule has 0 amide bonds. The molecule has 2 N–H and O–H groups in total. The number of ketones is 1. The molecule has 0 aliphatic carbocycles. The van der Waals surface area contributed by atoms with Gasteiger partial charge in [-0.2, -0.15) is 0 Å². The molecule has 0 unspecified atom stereocenters. The maximum atomic E-state index is 11.8. The lowest BCUT2D eigenvalue weighted by Gasteiger charge is -2.02. The largest absolute Gasteiger partial charge is 0.461 e. The quantitative estimate of drug-likeness (QED) is 0.599. The Labute approximate surface area is 87.5 Å². The van der Waals surface area contributed by atoms with Crippen molar-refractivity contribution in [2.24, 2.45) is 0 Å². The van der Waals surface area contributed by atoms with Crippen LogP contribution < -0.4 is 5.73 Å². The molecule has 0 aliphatic rings. The minimum atomic E-state index is -0.147. The summed E-state index contributed by atoms with van der Waals surface area (Å²) in [5.41, 5.74) is 7.86. The van der Waals surface area contributed by atoms with Crippen molar-refractivity contribution in [1.82, 2.24) is 0 Å². The van der Waals surface area contributed by atoms with Crippen LogP contribution in [0.5, 0.6) is 0 Å². The Balaban J connectivity index is 2.39. The van der Waals surface area contributed by atoms with E-state index < -0.39 is 0 Å². The molecule has 0 atom stereocenters. The van der Waals surface area contributed by atoms with E-state index in [1.165, 1.54) is 6.26 Å². The second kappa shape index (κ2) is 3.61. The van der Waals surface area contributed by atoms with Crippen molar-refractivity contribution < 1.29 is 9.21 Å². The Morgan fingerprint density at radius 2 is 2.13 bits per heavy atom. The van der Waals surface area contributed by atoms with E-state index in [0.29, 0.717) is 17.0 Å². The summed E-state index contributed by atoms with van der Waals surface area (Å²) in [6.07, 6.45) is 1.48. The van der Waals surface area contributed by atoms with E-state index in [9.17, 15) is 4.79 Å². The molecule has 0 spiro atoms. The summed E-state index contributed by atoms with van der Waals surface area (Å²) in [7, 11) is 0. The zero-order valence-corrected chi connectivity index (χ0v) is 8.36. The highest BCUT2D eigenvalue weighted by Crippen LogP contribution is 2.16. The van der Waals surface area contributed by atoms with Crippen LogP contribution in [0.1, 0.15) is 21.7 Å². The van der Waals surface area contributed by atoms with Gasteiger partial charge in [-0.1, -0.05) is 12.1 Å². The third-order valence-electron chi connectivity index (χ3n) is 2.29. The van der Waals surface area contributed by atoms with Gasteiger partial charge < -0.3 is 10.2 Å². The first-order valence-electron chi connectivity index (χ1n) is 4.63. The van der Waals surface area contributed by atoms with E-state index in [4.69, 9.17) is 10.2 Å². The SMILES string of the molecule is Cc1ccc(C(=O)c2ccco2)cc1N. The lowest BCUT2D eigenvalue weighted by Crippen LogP contribution is -2.01. The number of hydrogen-bond acceptors (Lipinski definition) is 3. The van der Waals surface area contributed by atoms with Gasteiger partial charge >= 0.3 is 0 Å². The van der Waals surface area contributed by atoms with Crippen LogP contribution in [-0.4, -0.2) is 5.78 Å². The van der Waals surface area contributed by atoms with Crippen LogP contribution in [0.4, 0.5) is 5.69 Å². The molecule has 1 aromatic heterocycles. The van der Waals surface area contributed by atoms with Crippen molar-refractivity contribution >= 4 is 11.5 Å². The van der Waals surface area contributed by atoms with Gasteiger partial charge in [0.1, 0.15) is 0 Å².